The number of likely N-dealkylation sites (tertiary alicyclic amines) is 1. The summed E-state index contributed by atoms with van der Waals surface area (Å²) in [6.45, 7) is 21.1. The first-order valence-corrected chi connectivity index (χ1v) is 10.5. The molecule has 0 unspecified atom stereocenters. The summed E-state index contributed by atoms with van der Waals surface area (Å²) in [5, 5.41) is 0. The largest absolute Gasteiger partial charge is 0.369 e. The van der Waals surface area contributed by atoms with E-state index in [2.05, 4.69) is 80.5 Å². The van der Waals surface area contributed by atoms with Crippen molar-refractivity contribution >= 4 is 5.69 Å². The van der Waals surface area contributed by atoms with E-state index in [1.54, 1.807) is 0 Å². The minimum absolute atomic E-state index is 0.235. The molecule has 3 nitrogen and oxygen atoms in total. The third-order valence-corrected chi connectivity index (χ3v) is 6.34. The molecule has 0 aliphatic carbocycles. The van der Waals surface area contributed by atoms with Gasteiger partial charge in [0.25, 0.3) is 0 Å². The van der Waals surface area contributed by atoms with Crippen LogP contribution in [0.3, 0.4) is 0 Å². The van der Waals surface area contributed by atoms with Gasteiger partial charge in [0.1, 0.15) is 0 Å². The molecular weight excluding hydrogens is 318 g/mol. The number of piperazine rings is 1. The Morgan fingerprint density at radius 1 is 0.731 bits per heavy atom. The van der Waals surface area contributed by atoms with Crippen molar-refractivity contribution in [3.05, 3.63) is 29.8 Å². The first-order valence-electron chi connectivity index (χ1n) is 10.5. The topological polar surface area (TPSA) is 9.72 Å². The molecule has 2 aliphatic heterocycles. The lowest BCUT2D eigenvalue weighted by Crippen LogP contribution is -2.55. The lowest BCUT2D eigenvalue weighted by Gasteiger charge is -2.46. The third-order valence-electron chi connectivity index (χ3n) is 6.34. The van der Waals surface area contributed by atoms with Gasteiger partial charge in [-0.1, -0.05) is 32.9 Å². The van der Waals surface area contributed by atoms with Crippen molar-refractivity contribution in [1.29, 1.82) is 0 Å². The maximum atomic E-state index is 2.75. The zero-order chi connectivity index (χ0) is 18.9. The van der Waals surface area contributed by atoms with Gasteiger partial charge in [0.2, 0.25) is 0 Å². The molecule has 26 heavy (non-hydrogen) atoms. The SMILES string of the molecule is CC(C)(C)c1ccc(N2CCN(C3CCN(C(C)(C)C)CC3)CC2)cc1. The normalized spacial score (nSPS) is 22.0. The van der Waals surface area contributed by atoms with Crippen LogP contribution in [0, 0.1) is 0 Å². The summed E-state index contributed by atoms with van der Waals surface area (Å²) < 4.78 is 0. The van der Waals surface area contributed by atoms with E-state index in [4.69, 9.17) is 0 Å². The number of rotatable bonds is 2. The molecule has 0 saturated carbocycles. The summed E-state index contributed by atoms with van der Waals surface area (Å²) >= 11 is 0. The van der Waals surface area contributed by atoms with Crippen LogP contribution in [0.5, 0.6) is 0 Å². The Hall–Kier alpha value is -1.06. The molecule has 0 N–H and O–H groups in total. The highest BCUT2D eigenvalue weighted by Crippen LogP contribution is 2.27. The number of hydrogen-bond acceptors (Lipinski definition) is 3. The number of hydrogen-bond donors (Lipinski definition) is 0. The van der Waals surface area contributed by atoms with E-state index in [9.17, 15) is 0 Å². The smallest absolute Gasteiger partial charge is 0.0367 e. The summed E-state index contributed by atoms with van der Waals surface area (Å²) in [7, 11) is 0. The lowest BCUT2D eigenvalue weighted by atomic mass is 9.87. The third kappa shape index (κ3) is 4.61. The Bertz CT molecular complexity index is 563. The van der Waals surface area contributed by atoms with Crippen LogP contribution in [0.2, 0.25) is 0 Å². The molecule has 2 heterocycles. The molecule has 1 aromatic carbocycles. The van der Waals surface area contributed by atoms with E-state index in [0.717, 1.165) is 19.1 Å². The van der Waals surface area contributed by atoms with Gasteiger partial charge >= 0.3 is 0 Å². The predicted octanol–water partition coefficient (Wildman–Crippen LogP) is 4.37. The molecule has 146 valence electrons. The molecule has 0 bridgehead atoms. The monoisotopic (exact) mass is 357 g/mol. The van der Waals surface area contributed by atoms with Crippen molar-refractivity contribution in [2.75, 3.05) is 44.2 Å². The second-order valence-electron chi connectivity index (χ2n) is 10.2. The Kier molecular flexibility index (Phi) is 5.69. The van der Waals surface area contributed by atoms with Crippen molar-refractivity contribution in [3.63, 3.8) is 0 Å². The summed E-state index contributed by atoms with van der Waals surface area (Å²) in [4.78, 5) is 7.96. The van der Waals surface area contributed by atoms with Crippen LogP contribution in [-0.4, -0.2) is 60.6 Å². The van der Waals surface area contributed by atoms with Gasteiger partial charge in [-0.2, -0.15) is 0 Å². The summed E-state index contributed by atoms with van der Waals surface area (Å²) in [5.41, 5.74) is 3.37. The van der Waals surface area contributed by atoms with Crippen LogP contribution >= 0.6 is 0 Å². The fourth-order valence-electron chi connectivity index (χ4n) is 4.42. The highest BCUT2D eigenvalue weighted by Gasteiger charge is 2.31. The summed E-state index contributed by atoms with van der Waals surface area (Å²) in [5.74, 6) is 0. The molecule has 2 fully saturated rings. The van der Waals surface area contributed by atoms with Gasteiger partial charge < -0.3 is 4.90 Å². The Labute approximate surface area is 161 Å². The van der Waals surface area contributed by atoms with Crippen molar-refractivity contribution in [3.8, 4) is 0 Å². The van der Waals surface area contributed by atoms with Crippen molar-refractivity contribution in [2.45, 2.75) is 71.4 Å². The summed E-state index contributed by atoms with van der Waals surface area (Å²) in [6, 6.07) is 10.0. The zero-order valence-electron chi connectivity index (χ0n) is 17.9. The summed E-state index contributed by atoms with van der Waals surface area (Å²) in [6.07, 6.45) is 2.66. The van der Waals surface area contributed by atoms with E-state index in [1.807, 2.05) is 0 Å². The number of anilines is 1. The lowest BCUT2D eigenvalue weighted by molar-refractivity contribution is 0.0542. The van der Waals surface area contributed by atoms with Crippen LogP contribution in [0.15, 0.2) is 24.3 Å². The van der Waals surface area contributed by atoms with Crippen LogP contribution in [0.4, 0.5) is 5.69 Å². The van der Waals surface area contributed by atoms with Gasteiger partial charge in [0.05, 0.1) is 0 Å². The van der Waals surface area contributed by atoms with E-state index in [1.165, 1.54) is 50.3 Å². The Morgan fingerprint density at radius 2 is 1.27 bits per heavy atom. The fourth-order valence-corrected chi connectivity index (χ4v) is 4.42. The second-order valence-corrected chi connectivity index (χ2v) is 10.2. The molecule has 0 atom stereocenters. The fraction of sp³-hybridized carbons (Fsp3) is 0.739. The van der Waals surface area contributed by atoms with E-state index in [-0.39, 0.29) is 5.41 Å². The minimum Gasteiger partial charge on any atom is -0.369 e. The average molecular weight is 358 g/mol. The second kappa shape index (κ2) is 7.52. The molecule has 0 amide bonds. The molecule has 0 spiro atoms. The molecule has 2 saturated heterocycles. The highest BCUT2D eigenvalue weighted by atomic mass is 15.3. The predicted molar refractivity (Wildman–Crippen MR) is 113 cm³/mol. The van der Waals surface area contributed by atoms with Crippen LogP contribution in [0.1, 0.15) is 59.9 Å². The van der Waals surface area contributed by atoms with Crippen molar-refractivity contribution < 1.29 is 0 Å². The number of nitrogens with zero attached hydrogens (tertiary/aromatic N) is 3. The standard InChI is InChI=1S/C23H39N3/c1-22(2,3)19-7-9-20(10-8-19)24-15-17-25(18-16-24)21-11-13-26(14-12-21)23(4,5)6/h7-10,21H,11-18H2,1-6H3. The Balaban J connectivity index is 1.50. The maximum Gasteiger partial charge on any atom is 0.0367 e. The van der Waals surface area contributed by atoms with Gasteiger partial charge in [0.15, 0.2) is 0 Å². The number of benzene rings is 1. The molecule has 1 aromatic rings. The van der Waals surface area contributed by atoms with E-state index >= 15 is 0 Å². The van der Waals surface area contributed by atoms with Gasteiger partial charge in [-0.3, -0.25) is 9.80 Å². The van der Waals surface area contributed by atoms with Gasteiger partial charge in [-0.25, -0.2) is 0 Å². The molecule has 0 radical (unpaired) electrons. The molecule has 2 aliphatic rings. The molecule has 3 rings (SSSR count). The average Bonchev–Trinajstić information content (AvgIpc) is 2.61. The van der Waals surface area contributed by atoms with Crippen LogP contribution < -0.4 is 4.90 Å². The number of piperidine rings is 1. The van der Waals surface area contributed by atoms with Crippen molar-refractivity contribution in [1.82, 2.24) is 9.80 Å². The van der Waals surface area contributed by atoms with Crippen LogP contribution in [-0.2, 0) is 5.41 Å². The van der Waals surface area contributed by atoms with E-state index < -0.39 is 0 Å². The van der Waals surface area contributed by atoms with Gasteiger partial charge in [-0.05, 0) is 56.7 Å². The first kappa shape index (κ1) is 19.7. The van der Waals surface area contributed by atoms with Crippen molar-refractivity contribution in [2.24, 2.45) is 0 Å². The van der Waals surface area contributed by atoms with Crippen LogP contribution in [0.25, 0.3) is 0 Å². The quantitative estimate of drug-likeness (QED) is 0.778. The maximum absolute atomic E-state index is 2.75. The molecule has 3 heteroatoms. The highest BCUT2D eigenvalue weighted by molar-refractivity contribution is 5.49. The van der Waals surface area contributed by atoms with E-state index in [0.29, 0.717) is 5.54 Å². The van der Waals surface area contributed by atoms with Gasteiger partial charge in [0, 0.05) is 56.5 Å². The zero-order valence-corrected chi connectivity index (χ0v) is 17.9. The first-order chi connectivity index (χ1) is 12.1. The molecular formula is C23H39N3. The minimum atomic E-state index is 0.235. The Morgan fingerprint density at radius 3 is 1.73 bits per heavy atom. The molecule has 0 aromatic heterocycles. The van der Waals surface area contributed by atoms with Gasteiger partial charge in [-0.15, -0.1) is 0 Å².